The first-order valence-electron chi connectivity index (χ1n) is 26.3. The van der Waals surface area contributed by atoms with Crippen LogP contribution in [0.3, 0.4) is 0 Å². The molecule has 14 unspecified atom stereocenters. The number of hydrogen-bond donors (Lipinski definition) is 22. The summed E-state index contributed by atoms with van der Waals surface area (Å²) in [6, 6.07) is -1.68. The zero-order valence-corrected chi connectivity index (χ0v) is 46.0. The third-order valence-electron chi connectivity index (χ3n) is 14.9. The first-order valence-corrected chi connectivity index (χ1v) is 26.3. The van der Waals surface area contributed by atoms with Gasteiger partial charge in [-0.25, -0.2) is 4.79 Å². The van der Waals surface area contributed by atoms with Crippen LogP contribution >= 0.6 is 0 Å². The third-order valence-corrected chi connectivity index (χ3v) is 14.9. The highest BCUT2D eigenvalue weighted by Gasteiger charge is 2.53. The number of aliphatic carboxylic acids is 1. The van der Waals surface area contributed by atoms with Crippen molar-refractivity contribution in [3.63, 3.8) is 0 Å². The van der Waals surface area contributed by atoms with Crippen molar-refractivity contribution < 1.29 is 154 Å². The Balaban J connectivity index is 0.000000296. The van der Waals surface area contributed by atoms with Gasteiger partial charge in [0.2, 0.25) is 11.8 Å². The summed E-state index contributed by atoms with van der Waals surface area (Å²) in [5.74, 6) is -2.61. The second-order valence-corrected chi connectivity index (χ2v) is 21.2. The van der Waals surface area contributed by atoms with E-state index in [4.69, 9.17) is 48.1 Å². The van der Waals surface area contributed by atoms with Gasteiger partial charge in [-0.3, -0.25) is 9.59 Å². The molecule has 2 amide bonds. The number of carboxylic acid groups (broad SMARTS) is 1. The molecule has 0 aromatic carbocycles. The van der Waals surface area contributed by atoms with E-state index in [1.165, 1.54) is 20.8 Å². The number of amides is 2. The molecule has 0 saturated carbocycles. The number of nitrogens with one attached hydrogen (secondary N) is 2. The highest BCUT2D eigenvalue weighted by Crippen LogP contribution is 2.36. The van der Waals surface area contributed by atoms with Gasteiger partial charge in [0.25, 0.3) is 0 Å². The molecule has 22 N–H and O–H groups in total. The van der Waals surface area contributed by atoms with Gasteiger partial charge in [-0.1, -0.05) is 6.92 Å². The Morgan fingerprint density at radius 3 is 1.32 bits per heavy atom. The molecule has 6 rings (SSSR count). The van der Waals surface area contributed by atoms with Crippen molar-refractivity contribution in [2.24, 2.45) is 5.92 Å². The molecule has 6 heterocycles. The van der Waals surface area contributed by atoms with Crippen molar-refractivity contribution >= 4 is 17.8 Å². The Kier molecular flexibility index (Phi) is 28.8. The fraction of sp³-hybridized carbons (Fsp3) is 0.938. The van der Waals surface area contributed by atoms with Gasteiger partial charge in [-0.2, -0.15) is 0 Å². The Hall–Kier alpha value is -2.67. The van der Waals surface area contributed by atoms with E-state index in [0.29, 0.717) is 0 Å². The number of hydrogen-bond acceptors (Lipinski definition) is 30. The minimum absolute atomic E-state index is 0.0953. The van der Waals surface area contributed by atoms with Gasteiger partial charge >= 0.3 is 5.97 Å². The van der Waals surface area contributed by atoms with Crippen LogP contribution in [0.1, 0.15) is 61.8 Å². The lowest BCUT2D eigenvalue weighted by molar-refractivity contribution is -0.335. The molecular weight excluding hydrogens is 1100 g/mol. The molecule has 476 valence electrons. The van der Waals surface area contributed by atoms with E-state index in [9.17, 15) is 106 Å². The fourth-order valence-corrected chi connectivity index (χ4v) is 9.81. The van der Waals surface area contributed by atoms with Crippen molar-refractivity contribution in [1.82, 2.24) is 10.6 Å². The molecule has 6 aliphatic rings. The van der Waals surface area contributed by atoms with Crippen LogP contribution in [0, 0.1) is 5.92 Å². The summed E-state index contributed by atoms with van der Waals surface area (Å²) in [4.78, 5) is 33.9. The smallest absolute Gasteiger partial charge is 0.335 e. The molecule has 6 aliphatic heterocycles. The van der Waals surface area contributed by atoms with Gasteiger partial charge in [-0.15, -0.1) is 0 Å². The minimum atomic E-state index is -1.67. The van der Waals surface area contributed by atoms with Crippen LogP contribution in [0.2, 0.25) is 0 Å². The van der Waals surface area contributed by atoms with Crippen LogP contribution in [0.4, 0.5) is 0 Å². The monoisotopic (exact) mass is 1190 g/mol. The Morgan fingerprint density at radius 2 is 0.901 bits per heavy atom. The summed E-state index contributed by atoms with van der Waals surface area (Å²) >= 11 is 0. The molecule has 33 heteroatoms. The van der Waals surface area contributed by atoms with Crippen molar-refractivity contribution in [2.75, 3.05) is 33.0 Å². The molecular formula is C48H88N2O31. The van der Waals surface area contributed by atoms with Gasteiger partial charge in [0, 0.05) is 26.2 Å². The van der Waals surface area contributed by atoms with E-state index < -0.39 is 240 Å². The molecule has 0 aromatic rings. The predicted molar refractivity (Wildman–Crippen MR) is 265 cm³/mol. The minimum Gasteiger partial charge on any atom is -0.479 e. The average Bonchev–Trinajstić information content (AvgIpc) is 3.47. The quantitative estimate of drug-likeness (QED) is 0.0768. The molecule has 81 heavy (non-hydrogen) atoms. The van der Waals surface area contributed by atoms with Crippen molar-refractivity contribution in [2.45, 2.75) is 245 Å². The number of carbonyl (C=O) groups excluding carboxylic acids is 2. The maximum Gasteiger partial charge on any atom is 0.335 e. The van der Waals surface area contributed by atoms with Gasteiger partial charge in [0.05, 0.1) is 81.7 Å². The molecule has 6 fully saturated rings. The number of aliphatic hydroxyl groups is 19. The van der Waals surface area contributed by atoms with Gasteiger partial charge < -0.3 is 151 Å². The van der Waals surface area contributed by atoms with E-state index >= 15 is 0 Å². The predicted octanol–water partition coefficient (Wildman–Crippen LogP) is -11.2. The van der Waals surface area contributed by atoms with Crippen molar-refractivity contribution in [3.05, 3.63) is 0 Å². The zero-order valence-electron chi connectivity index (χ0n) is 46.0. The summed E-state index contributed by atoms with van der Waals surface area (Å²) in [6.07, 6.45) is -32.3. The third kappa shape index (κ3) is 18.2. The number of aliphatic hydroxyl groups excluding tert-OH is 19. The van der Waals surface area contributed by atoms with Crippen LogP contribution in [-0.4, -0.2) is 336 Å². The maximum atomic E-state index is 11.5. The van der Waals surface area contributed by atoms with Gasteiger partial charge in [0.15, 0.2) is 18.2 Å². The average molecular weight is 1190 g/mol. The van der Waals surface area contributed by atoms with Crippen LogP contribution in [0.25, 0.3) is 0 Å². The van der Waals surface area contributed by atoms with Crippen molar-refractivity contribution in [3.8, 4) is 0 Å². The Morgan fingerprint density at radius 1 is 0.506 bits per heavy atom. The number of ether oxygens (including phenoxy) is 8. The van der Waals surface area contributed by atoms with Crippen LogP contribution in [0.5, 0.6) is 0 Å². The number of carboxylic acids is 1. The molecule has 6 saturated heterocycles. The topological polar surface area (TPSA) is 554 Å². The number of carbonyl (C=O) groups is 3. The largest absolute Gasteiger partial charge is 0.479 e. The van der Waals surface area contributed by atoms with Gasteiger partial charge in [0.1, 0.15) is 116 Å². The fourth-order valence-electron chi connectivity index (χ4n) is 9.81. The zero-order chi connectivity index (χ0) is 61.9. The summed E-state index contributed by atoms with van der Waals surface area (Å²) < 4.78 is 43.1. The first-order chi connectivity index (χ1) is 37.7. The lowest BCUT2D eigenvalue weighted by Crippen LogP contribution is -2.67. The second-order valence-electron chi connectivity index (χ2n) is 21.2. The molecule has 0 radical (unpaired) electrons. The van der Waals surface area contributed by atoms with E-state index in [1.807, 2.05) is 0 Å². The first kappa shape index (κ1) is 72.6. The van der Waals surface area contributed by atoms with E-state index in [2.05, 4.69) is 10.6 Å². The summed E-state index contributed by atoms with van der Waals surface area (Å²) in [5, 5.41) is 197. The van der Waals surface area contributed by atoms with Gasteiger partial charge in [-0.05, 0) is 34.6 Å². The standard InChI is InChI=1S/2C15H27NO10.C11H20O7.C7H14O4/c1-5-9(16-6(2)19)11(21)14(8(4-18)24-5)26-15-13(23)12(22)10(20)7(3-17)25-15;1-5-9(16-6(2)19)14(11(21)8(4-18)24-5)26-15-13(23)12(22)10(20)7(3-17)25-15;1-5-6(13)3-11(2,10(16)17)18-9(5)8(15)7(14)4-12;1-3-5(8)7(10)6(9)4(2)11-3/h2*5,7-15,17-18,20-23H,3-4H2,1-2H3,(H,16,19);5-9,12-15H,3-4H2,1-2H3,(H,16,17);3-10H,1-2H3/t2*5?,7?,8?,9?,10-,11+,12-,13?,14+,15-;5-,6-,7-,8-,9?,11-;3-,4?,5?,6-,7?/m0011/s1. The summed E-state index contributed by atoms with van der Waals surface area (Å²) in [6.45, 7) is 9.00. The SMILES string of the molecule is CC(=O)NC1C(C)OC(CO)[C@@H](O)[C@@H]1O[C@@H]1OC(CO)[C@H](O)[C@H](O)C1O.CC(=O)NC1C(C)OC(CO)[C@@H](O[C@@H]2OC(CO)[C@H](O)[C@H](O)C2O)[C@@H]1O.CC1O[C@H](C)C(O)C(O)[C@@H]1O.C[C@H]1C([C@H](O)[C@H](O)CO)O[C@@](C)(C(=O)O)C[C@H]1O. The molecule has 33 nitrogen and oxygen atoms in total. The second kappa shape index (κ2) is 32.2. The lowest BCUT2D eigenvalue weighted by atomic mass is 9.81. The van der Waals surface area contributed by atoms with Crippen molar-refractivity contribution in [1.29, 1.82) is 0 Å². The molecule has 0 spiro atoms. The maximum absolute atomic E-state index is 11.5. The van der Waals surface area contributed by atoms with Crippen LogP contribution in [-0.2, 0) is 52.3 Å². The summed E-state index contributed by atoms with van der Waals surface area (Å²) in [5.41, 5.74) is -1.62. The highest BCUT2D eigenvalue weighted by molar-refractivity contribution is 5.77. The highest BCUT2D eigenvalue weighted by atomic mass is 16.7. The van der Waals surface area contributed by atoms with Crippen LogP contribution < -0.4 is 10.6 Å². The van der Waals surface area contributed by atoms with Crippen LogP contribution in [0.15, 0.2) is 0 Å². The Labute approximate surface area is 465 Å². The van der Waals surface area contributed by atoms with E-state index in [-0.39, 0.29) is 6.42 Å². The number of rotatable bonds is 14. The molecule has 0 aromatic heterocycles. The van der Waals surface area contributed by atoms with E-state index in [0.717, 1.165) is 0 Å². The Bertz CT molecular complexity index is 1890. The normalized spacial score (nSPS) is 46.1. The van der Waals surface area contributed by atoms with E-state index in [1.54, 1.807) is 34.6 Å². The summed E-state index contributed by atoms with van der Waals surface area (Å²) in [7, 11) is 0. The molecule has 31 atom stereocenters. The molecule has 0 aliphatic carbocycles. The molecule has 0 bridgehead atoms. The lowest BCUT2D eigenvalue weighted by Gasteiger charge is -2.47.